The quantitative estimate of drug-likeness (QED) is 0.680. The first kappa shape index (κ1) is 19.4. The predicted molar refractivity (Wildman–Crippen MR) is 97.2 cm³/mol. The second-order valence-electron chi connectivity index (χ2n) is 6.99. The van der Waals surface area contributed by atoms with Crippen molar-refractivity contribution in [3.63, 3.8) is 0 Å². The fraction of sp³-hybridized carbons (Fsp3) is 0.833. The molecule has 0 aromatic heterocycles. The number of carbonyl (C=O) groups excluding carboxylic acids is 1. The van der Waals surface area contributed by atoms with Crippen LogP contribution < -0.4 is 5.32 Å². The van der Waals surface area contributed by atoms with Crippen LogP contribution in [0.15, 0.2) is 11.6 Å². The van der Waals surface area contributed by atoms with Crippen LogP contribution in [0.3, 0.4) is 0 Å². The van der Waals surface area contributed by atoms with Crippen LogP contribution in [0.4, 0.5) is 0 Å². The third-order valence-electron chi connectivity index (χ3n) is 5.10. The number of allylic oxidation sites excluding steroid dienone is 1. The molecule has 0 aromatic carbocycles. The number of amides is 1. The fourth-order valence-corrected chi connectivity index (χ4v) is 5.15. The standard InChI is InChI=1S/C18H32N2O3S/c1-2-3-15-24(22,23)20-13-10-17(11-14-20)18(21)19-12-9-16-7-5-4-6-8-16/h7,17H,2-6,8-15H2,1H3,(H,19,21). The monoisotopic (exact) mass is 356 g/mol. The van der Waals surface area contributed by atoms with E-state index in [9.17, 15) is 13.2 Å². The Morgan fingerprint density at radius 3 is 2.67 bits per heavy atom. The number of hydrogen-bond acceptors (Lipinski definition) is 3. The summed E-state index contributed by atoms with van der Waals surface area (Å²) in [6, 6.07) is 0. The van der Waals surface area contributed by atoms with E-state index in [1.807, 2.05) is 6.92 Å². The highest BCUT2D eigenvalue weighted by molar-refractivity contribution is 7.89. The lowest BCUT2D eigenvalue weighted by Gasteiger charge is -2.30. The highest BCUT2D eigenvalue weighted by atomic mass is 32.2. The van der Waals surface area contributed by atoms with Crippen molar-refractivity contribution < 1.29 is 13.2 Å². The minimum Gasteiger partial charge on any atom is -0.356 e. The lowest BCUT2D eigenvalue weighted by Crippen LogP contribution is -2.43. The van der Waals surface area contributed by atoms with Gasteiger partial charge in [0.15, 0.2) is 0 Å². The van der Waals surface area contributed by atoms with Crippen LogP contribution in [0.5, 0.6) is 0 Å². The summed E-state index contributed by atoms with van der Waals surface area (Å²) in [7, 11) is -3.13. The van der Waals surface area contributed by atoms with Crippen LogP contribution in [0.2, 0.25) is 0 Å². The first-order valence-electron chi connectivity index (χ1n) is 9.46. The summed E-state index contributed by atoms with van der Waals surface area (Å²) in [4.78, 5) is 12.3. The van der Waals surface area contributed by atoms with Crippen LogP contribution in [0, 0.1) is 5.92 Å². The summed E-state index contributed by atoms with van der Waals surface area (Å²) in [6.45, 7) is 3.67. The molecule has 1 fully saturated rings. The Kier molecular flexibility index (Phi) is 7.75. The average Bonchev–Trinajstić information content (AvgIpc) is 2.61. The van der Waals surface area contributed by atoms with Crippen molar-refractivity contribution in [2.45, 2.75) is 64.7 Å². The zero-order valence-corrected chi connectivity index (χ0v) is 15.7. The molecule has 2 aliphatic rings. The summed E-state index contributed by atoms with van der Waals surface area (Å²) in [5, 5.41) is 3.04. The van der Waals surface area contributed by atoms with Crippen LogP contribution in [-0.2, 0) is 14.8 Å². The van der Waals surface area contributed by atoms with Crippen molar-refractivity contribution in [1.29, 1.82) is 0 Å². The van der Waals surface area contributed by atoms with Crippen molar-refractivity contribution in [2.24, 2.45) is 5.92 Å². The van der Waals surface area contributed by atoms with E-state index in [-0.39, 0.29) is 17.6 Å². The van der Waals surface area contributed by atoms with Gasteiger partial charge in [0.05, 0.1) is 5.75 Å². The second kappa shape index (κ2) is 9.56. The zero-order valence-electron chi connectivity index (χ0n) is 14.9. The van der Waals surface area contributed by atoms with Crippen molar-refractivity contribution in [2.75, 3.05) is 25.4 Å². The molecule has 0 unspecified atom stereocenters. The Labute approximate surface area is 146 Å². The SMILES string of the molecule is CCCCS(=O)(=O)N1CCC(C(=O)NCCC2=CCCCC2)CC1. The summed E-state index contributed by atoms with van der Waals surface area (Å²) >= 11 is 0. The molecule has 1 amide bonds. The smallest absolute Gasteiger partial charge is 0.223 e. The number of rotatable bonds is 8. The molecule has 1 saturated heterocycles. The molecule has 138 valence electrons. The number of unbranched alkanes of at least 4 members (excludes halogenated alkanes) is 1. The van der Waals surface area contributed by atoms with E-state index in [2.05, 4.69) is 11.4 Å². The number of nitrogens with one attached hydrogen (secondary N) is 1. The highest BCUT2D eigenvalue weighted by Gasteiger charge is 2.30. The van der Waals surface area contributed by atoms with Gasteiger partial charge in [-0.1, -0.05) is 25.0 Å². The molecule has 6 heteroatoms. The minimum atomic E-state index is -3.13. The Morgan fingerprint density at radius 1 is 1.29 bits per heavy atom. The van der Waals surface area contributed by atoms with Crippen LogP contribution in [0.25, 0.3) is 0 Å². The number of carbonyl (C=O) groups is 1. The largest absolute Gasteiger partial charge is 0.356 e. The van der Waals surface area contributed by atoms with E-state index in [0.29, 0.717) is 38.9 Å². The molecule has 0 bridgehead atoms. The van der Waals surface area contributed by atoms with Gasteiger partial charge in [0.1, 0.15) is 0 Å². The first-order valence-corrected chi connectivity index (χ1v) is 11.1. The number of piperidine rings is 1. The van der Waals surface area contributed by atoms with Gasteiger partial charge in [-0.2, -0.15) is 0 Å². The van der Waals surface area contributed by atoms with E-state index < -0.39 is 10.0 Å². The maximum absolute atomic E-state index is 12.3. The molecule has 24 heavy (non-hydrogen) atoms. The first-order chi connectivity index (χ1) is 11.5. The van der Waals surface area contributed by atoms with E-state index in [1.165, 1.54) is 31.3 Å². The molecule has 1 aliphatic heterocycles. The highest BCUT2D eigenvalue weighted by Crippen LogP contribution is 2.22. The molecule has 0 saturated carbocycles. The maximum Gasteiger partial charge on any atom is 0.223 e. The molecule has 1 heterocycles. The van der Waals surface area contributed by atoms with E-state index in [1.54, 1.807) is 4.31 Å². The van der Waals surface area contributed by atoms with Crippen LogP contribution in [-0.4, -0.2) is 44.0 Å². The topological polar surface area (TPSA) is 66.5 Å². The molecular formula is C18H32N2O3S. The van der Waals surface area contributed by atoms with Crippen molar-refractivity contribution in [3.05, 3.63) is 11.6 Å². The molecule has 1 N–H and O–H groups in total. The van der Waals surface area contributed by atoms with Crippen LogP contribution >= 0.6 is 0 Å². The maximum atomic E-state index is 12.3. The normalized spacial score (nSPS) is 20.6. The van der Waals surface area contributed by atoms with Gasteiger partial charge in [-0.25, -0.2) is 12.7 Å². The van der Waals surface area contributed by atoms with Gasteiger partial charge >= 0.3 is 0 Å². The summed E-state index contributed by atoms with van der Waals surface area (Å²) in [6.07, 6.45) is 11.0. The summed E-state index contributed by atoms with van der Waals surface area (Å²) in [5.74, 6) is 0.287. The van der Waals surface area contributed by atoms with Gasteiger partial charge in [0, 0.05) is 25.6 Å². The third-order valence-corrected chi connectivity index (χ3v) is 7.06. The molecule has 0 atom stereocenters. The molecule has 2 rings (SSSR count). The number of hydrogen-bond donors (Lipinski definition) is 1. The zero-order chi connectivity index (χ0) is 17.4. The molecular weight excluding hydrogens is 324 g/mol. The number of sulfonamides is 1. The van der Waals surface area contributed by atoms with Crippen molar-refractivity contribution in [1.82, 2.24) is 9.62 Å². The van der Waals surface area contributed by atoms with Gasteiger partial charge in [-0.05, 0) is 51.4 Å². The Hall–Kier alpha value is -0.880. The molecule has 0 spiro atoms. The molecule has 0 aromatic rings. The van der Waals surface area contributed by atoms with Crippen LogP contribution in [0.1, 0.15) is 64.7 Å². The van der Waals surface area contributed by atoms with Gasteiger partial charge < -0.3 is 5.32 Å². The predicted octanol–water partition coefficient (Wildman–Crippen LogP) is 2.84. The Bertz CT molecular complexity index is 534. The summed E-state index contributed by atoms with van der Waals surface area (Å²) < 4.78 is 25.9. The van der Waals surface area contributed by atoms with Gasteiger partial charge in [0.25, 0.3) is 0 Å². The average molecular weight is 357 g/mol. The van der Waals surface area contributed by atoms with Gasteiger partial charge in [-0.3, -0.25) is 4.79 Å². The van der Waals surface area contributed by atoms with Gasteiger partial charge in [0.2, 0.25) is 15.9 Å². The second-order valence-corrected chi connectivity index (χ2v) is 9.08. The Morgan fingerprint density at radius 2 is 2.04 bits per heavy atom. The molecule has 0 radical (unpaired) electrons. The molecule has 5 nitrogen and oxygen atoms in total. The van der Waals surface area contributed by atoms with E-state index >= 15 is 0 Å². The van der Waals surface area contributed by atoms with E-state index in [0.717, 1.165) is 12.8 Å². The third kappa shape index (κ3) is 5.88. The number of nitrogens with zero attached hydrogens (tertiary/aromatic N) is 1. The van der Waals surface area contributed by atoms with Crippen molar-refractivity contribution >= 4 is 15.9 Å². The molecule has 1 aliphatic carbocycles. The van der Waals surface area contributed by atoms with Gasteiger partial charge in [-0.15, -0.1) is 0 Å². The van der Waals surface area contributed by atoms with Crippen molar-refractivity contribution in [3.8, 4) is 0 Å². The Balaban J connectivity index is 1.69. The minimum absolute atomic E-state index is 0.0389. The lowest BCUT2D eigenvalue weighted by molar-refractivity contribution is -0.126. The van der Waals surface area contributed by atoms with E-state index in [4.69, 9.17) is 0 Å². The lowest BCUT2D eigenvalue weighted by atomic mass is 9.96. The fourth-order valence-electron chi connectivity index (χ4n) is 3.47. The summed E-state index contributed by atoms with van der Waals surface area (Å²) in [5.41, 5.74) is 1.47.